The van der Waals surface area contributed by atoms with E-state index < -0.39 is 23.2 Å². The first-order chi connectivity index (χ1) is 15.4. The number of carboxylic acids is 1. The number of anilines is 1. The van der Waals surface area contributed by atoms with Crippen LogP contribution in [0.3, 0.4) is 0 Å². The zero-order valence-electron chi connectivity index (χ0n) is 17.1. The topological polar surface area (TPSA) is 74.7 Å². The number of imide groups is 1. The molecule has 2 atom stereocenters. The van der Waals surface area contributed by atoms with Crippen molar-refractivity contribution in [2.45, 2.75) is 18.3 Å². The smallest absolute Gasteiger partial charge is 0.337 e. The number of halogens is 1. The lowest BCUT2D eigenvalue weighted by Crippen LogP contribution is -2.51. The molecular formula is C26H18ClNO4. The van der Waals surface area contributed by atoms with Gasteiger partial charge in [0.2, 0.25) is 11.8 Å². The van der Waals surface area contributed by atoms with E-state index in [0.717, 1.165) is 22.3 Å². The molecule has 7 rings (SSSR count). The fourth-order valence-corrected chi connectivity index (χ4v) is 6.42. The van der Waals surface area contributed by atoms with Gasteiger partial charge >= 0.3 is 5.97 Å². The van der Waals surface area contributed by atoms with E-state index in [1.165, 1.54) is 23.1 Å². The molecule has 0 spiro atoms. The normalized spacial score (nSPS) is 27.2. The Kier molecular flexibility index (Phi) is 3.79. The van der Waals surface area contributed by atoms with Gasteiger partial charge in [-0.1, -0.05) is 67.1 Å². The Hall–Kier alpha value is -3.44. The summed E-state index contributed by atoms with van der Waals surface area (Å²) in [5.74, 6) is -3.12. The van der Waals surface area contributed by atoms with Crippen LogP contribution in [-0.2, 0) is 15.0 Å². The Balaban J connectivity index is 1.58. The molecule has 0 aromatic heterocycles. The molecule has 1 heterocycles. The SMILES string of the molecule is CC12c3ccccc3C(c3ccccc31)C1C(=O)N(c3ccc(Cl)c(C(=O)O)c3)C(=O)C12. The van der Waals surface area contributed by atoms with Crippen LogP contribution >= 0.6 is 11.6 Å². The van der Waals surface area contributed by atoms with Gasteiger partial charge in [0.25, 0.3) is 0 Å². The molecule has 3 aromatic carbocycles. The van der Waals surface area contributed by atoms with Crippen molar-refractivity contribution in [3.05, 3.63) is 99.6 Å². The van der Waals surface area contributed by atoms with Crippen molar-refractivity contribution < 1.29 is 19.5 Å². The van der Waals surface area contributed by atoms with Gasteiger partial charge in [-0.3, -0.25) is 9.59 Å². The summed E-state index contributed by atoms with van der Waals surface area (Å²) in [6.45, 7) is 2.05. The van der Waals surface area contributed by atoms with Gasteiger partial charge in [0, 0.05) is 11.3 Å². The highest BCUT2D eigenvalue weighted by Gasteiger charge is 2.66. The lowest BCUT2D eigenvalue weighted by Gasteiger charge is -2.52. The molecule has 32 heavy (non-hydrogen) atoms. The van der Waals surface area contributed by atoms with Crippen molar-refractivity contribution in [3.8, 4) is 0 Å². The van der Waals surface area contributed by atoms with Gasteiger partial charge in [-0.15, -0.1) is 0 Å². The minimum Gasteiger partial charge on any atom is -0.478 e. The van der Waals surface area contributed by atoms with E-state index in [1.54, 1.807) is 0 Å². The third-order valence-electron chi connectivity index (χ3n) is 7.48. The number of benzene rings is 3. The second-order valence-corrected chi connectivity index (χ2v) is 9.25. The Morgan fingerprint density at radius 1 is 0.938 bits per heavy atom. The van der Waals surface area contributed by atoms with Crippen LogP contribution in [-0.4, -0.2) is 22.9 Å². The lowest BCUT2D eigenvalue weighted by molar-refractivity contribution is -0.123. The predicted octanol–water partition coefficient (Wildman–Crippen LogP) is 4.61. The maximum Gasteiger partial charge on any atom is 0.337 e. The van der Waals surface area contributed by atoms with E-state index in [1.807, 2.05) is 24.3 Å². The van der Waals surface area contributed by atoms with Gasteiger partial charge in [-0.2, -0.15) is 0 Å². The molecule has 0 saturated carbocycles. The zero-order valence-corrected chi connectivity index (χ0v) is 17.8. The van der Waals surface area contributed by atoms with E-state index in [0.29, 0.717) is 0 Å². The summed E-state index contributed by atoms with van der Waals surface area (Å²) in [7, 11) is 0. The number of nitrogens with zero attached hydrogens (tertiary/aromatic N) is 1. The van der Waals surface area contributed by atoms with Crippen molar-refractivity contribution in [2.24, 2.45) is 11.8 Å². The van der Waals surface area contributed by atoms with E-state index in [9.17, 15) is 19.5 Å². The quantitative estimate of drug-likeness (QED) is 0.587. The van der Waals surface area contributed by atoms with Gasteiger partial charge in [-0.05, 0) is 40.5 Å². The Bertz CT molecular complexity index is 1320. The molecule has 2 bridgehead atoms. The maximum atomic E-state index is 13.9. The number of hydrogen-bond donors (Lipinski definition) is 1. The molecule has 2 amide bonds. The first kappa shape index (κ1) is 19.3. The first-order valence-corrected chi connectivity index (χ1v) is 10.8. The summed E-state index contributed by atoms with van der Waals surface area (Å²) in [6.07, 6.45) is 0. The van der Waals surface area contributed by atoms with Crippen molar-refractivity contribution in [1.82, 2.24) is 0 Å². The average Bonchev–Trinajstić information content (AvgIpc) is 3.06. The Morgan fingerprint density at radius 3 is 2.12 bits per heavy atom. The van der Waals surface area contributed by atoms with Crippen LogP contribution in [0.2, 0.25) is 5.02 Å². The fraction of sp³-hybridized carbons (Fsp3) is 0.192. The molecule has 6 heteroatoms. The molecule has 1 saturated heterocycles. The highest BCUT2D eigenvalue weighted by atomic mass is 35.5. The molecule has 1 aliphatic heterocycles. The van der Waals surface area contributed by atoms with Gasteiger partial charge in [0.15, 0.2) is 0 Å². The first-order valence-electron chi connectivity index (χ1n) is 10.4. The molecular weight excluding hydrogens is 426 g/mol. The summed E-state index contributed by atoms with van der Waals surface area (Å²) >= 11 is 6.02. The second-order valence-electron chi connectivity index (χ2n) is 8.84. The minimum atomic E-state index is -1.21. The van der Waals surface area contributed by atoms with Gasteiger partial charge in [0.1, 0.15) is 0 Å². The molecule has 2 unspecified atom stereocenters. The standard InChI is InChI=1S/C26H18ClNO4/c1-26-17-8-4-2-6-14(17)20(15-7-3-5-9-18(15)26)21-22(26)24(30)28(23(21)29)13-10-11-19(27)16(12-13)25(31)32/h2-12,20-22H,1H3,(H,31,32). The number of amides is 2. The third-order valence-corrected chi connectivity index (χ3v) is 7.81. The Morgan fingerprint density at radius 2 is 1.53 bits per heavy atom. The molecule has 3 aromatic rings. The summed E-state index contributed by atoms with van der Waals surface area (Å²) < 4.78 is 0. The van der Waals surface area contributed by atoms with Crippen molar-refractivity contribution in [1.29, 1.82) is 0 Å². The van der Waals surface area contributed by atoms with E-state index in [4.69, 9.17) is 11.6 Å². The Labute approximate surface area is 189 Å². The second kappa shape index (κ2) is 6.30. The van der Waals surface area contributed by atoms with Crippen LogP contribution in [0.1, 0.15) is 45.5 Å². The van der Waals surface area contributed by atoms with Crippen molar-refractivity contribution >= 4 is 35.1 Å². The number of carbonyl (C=O) groups excluding carboxylic acids is 2. The van der Waals surface area contributed by atoms with Crippen molar-refractivity contribution in [3.63, 3.8) is 0 Å². The highest BCUT2D eigenvalue weighted by molar-refractivity contribution is 6.34. The third kappa shape index (κ3) is 2.16. The van der Waals surface area contributed by atoms with Crippen LogP contribution in [0, 0.1) is 11.8 Å². The fourth-order valence-electron chi connectivity index (χ4n) is 6.22. The van der Waals surface area contributed by atoms with E-state index >= 15 is 0 Å². The van der Waals surface area contributed by atoms with Gasteiger partial charge < -0.3 is 5.11 Å². The maximum absolute atomic E-state index is 13.9. The van der Waals surface area contributed by atoms with Crippen LogP contribution in [0.25, 0.3) is 0 Å². The lowest BCUT2D eigenvalue weighted by atomic mass is 9.48. The van der Waals surface area contributed by atoms with E-state index in [2.05, 4.69) is 31.2 Å². The molecule has 0 radical (unpaired) electrons. The highest BCUT2D eigenvalue weighted by Crippen LogP contribution is 2.64. The minimum absolute atomic E-state index is 0.0598. The number of rotatable bonds is 2. The van der Waals surface area contributed by atoms with Crippen LogP contribution in [0.4, 0.5) is 5.69 Å². The largest absolute Gasteiger partial charge is 0.478 e. The van der Waals surface area contributed by atoms with Gasteiger partial charge in [-0.25, -0.2) is 9.69 Å². The van der Waals surface area contributed by atoms with E-state index in [-0.39, 0.29) is 34.0 Å². The molecule has 4 aliphatic rings. The number of aromatic carboxylic acids is 1. The molecule has 1 fully saturated rings. The van der Waals surface area contributed by atoms with Crippen LogP contribution in [0.15, 0.2) is 66.7 Å². The molecule has 1 N–H and O–H groups in total. The molecule has 5 nitrogen and oxygen atoms in total. The van der Waals surface area contributed by atoms with Crippen molar-refractivity contribution in [2.75, 3.05) is 4.90 Å². The number of carbonyl (C=O) groups is 3. The molecule has 3 aliphatic carbocycles. The number of hydrogen-bond acceptors (Lipinski definition) is 3. The predicted molar refractivity (Wildman–Crippen MR) is 119 cm³/mol. The summed E-state index contributed by atoms with van der Waals surface area (Å²) in [6, 6.07) is 20.4. The summed E-state index contributed by atoms with van der Waals surface area (Å²) in [5.41, 5.74) is 3.77. The molecule has 158 valence electrons. The van der Waals surface area contributed by atoms with Crippen LogP contribution in [0.5, 0.6) is 0 Å². The zero-order chi connectivity index (χ0) is 22.4. The monoisotopic (exact) mass is 443 g/mol. The number of carboxylic acid groups (broad SMARTS) is 1. The van der Waals surface area contributed by atoms with Gasteiger partial charge in [0.05, 0.1) is 28.1 Å². The van der Waals surface area contributed by atoms with Crippen LogP contribution < -0.4 is 4.90 Å². The summed E-state index contributed by atoms with van der Waals surface area (Å²) in [4.78, 5) is 40.4. The average molecular weight is 444 g/mol. The summed E-state index contributed by atoms with van der Waals surface area (Å²) in [5, 5.41) is 9.53.